The van der Waals surface area contributed by atoms with E-state index in [1.165, 1.54) is 6.07 Å². The number of carbonyl (C=O) groups is 1. The van der Waals surface area contributed by atoms with Crippen molar-refractivity contribution in [3.63, 3.8) is 0 Å². The van der Waals surface area contributed by atoms with Gasteiger partial charge in [-0.25, -0.2) is 13.2 Å². The number of carbonyl (C=O) groups excluding carboxylic acids is 1. The monoisotopic (exact) mass is 743 g/mol. The van der Waals surface area contributed by atoms with E-state index >= 15 is 8.78 Å². The molecule has 5 heterocycles. The van der Waals surface area contributed by atoms with Crippen molar-refractivity contribution in [2.45, 2.75) is 63.8 Å². The summed E-state index contributed by atoms with van der Waals surface area (Å²) in [6.45, 7) is 6.84. The molecule has 16 heteroatoms. The van der Waals surface area contributed by atoms with Crippen LogP contribution in [0.15, 0.2) is 12.1 Å². The summed E-state index contributed by atoms with van der Waals surface area (Å²) in [5.74, 6) is -1.89. The van der Waals surface area contributed by atoms with E-state index < -0.39 is 41.4 Å². The van der Waals surface area contributed by atoms with Crippen molar-refractivity contribution >= 4 is 60.7 Å². The molecule has 270 valence electrons. The normalized spacial score (nSPS) is 21.4. The molecular weight excluding hydrogens is 707 g/mol. The van der Waals surface area contributed by atoms with Gasteiger partial charge in [0.15, 0.2) is 11.6 Å². The summed E-state index contributed by atoms with van der Waals surface area (Å²) in [5, 5.41) is 10.1. The first-order valence-electron chi connectivity index (χ1n) is 16.8. The van der Waals surface area contributed by atoms with Gasteiger partial charge in [-0.3, -0.25) is 9.69 Å². The second-order valence-corrected chi connectivity index (χ2v) is 15.2. The highest BCUT2D eigenvalue weighted by Gasteiger charge is 2.49. The number of anilines is 2. The van der Waals surface area contributed by atoms with Gasteiger partial charge in [0.05, 0.1) is 38.8 Å². The number of rotatable bonds is 9. The van der Waals surface area contributed by atoms with Gasteiger partial charge in [0.25, 0.3) is 0 Å². The Morgan fingerprint density at radius 3 is 2.78 bits per heavy atom. The SMILES string of the molecule is CC(C)C(N)C(=O)OCC(C)N1CCOc2c(Cl)c(-c3ccc(F)c4sc(N)c(C#N)c34)c(F)c3nc(OC[C@@]45CCCN4C[C@H](F)C5)nc1c23. The van der Waals surface area contributed by atoms with Gasteiger partial charge in [-0.15, -0.1) is 11.3 Å². The van der Waals surface area contributed by atoms with Crippen LogP contribution in [0.1, 0.15) is 45.6 Å². The predicted molar refractivity (Wildman–Crippen MR) is 189 cm³/mol. The smallest absolute Gasteiger partial charge is 0.323 e. The zero-order chi connectivity index (χ0) is 36.4. The highest BCUT2D eigenvalue weighted by molar-refractivity contribution is 7.23. The zero-order valence-electron chi connectivity index (χ0n) is 28.3. The molecule has 2 aromatic carbocycles. The number of thiophene rings is 1. The third kappa shape index (κ3) is 5.95. The first-order valence-corrected chi connectivity index (χ1v) is 18.0. The number of nitriles is 1. The summed E-state index contributed by atoms with van der Waals surface area (Å²) in [5.41, 5.74) is 11.3. The van der Waals surface area contributed by atoms with E-state index in [4.69, 9.17) is 42.3 Å². The van der Waals surface area contributed by atoms with Crippen molar-refractivity contribution in [1.82, 2.24) is 14.9 Å². The molecule has 7 rings (SSSR count). The summed E-state index contributed by atoms with van der Waals surface area (Å²) < 4.78 is 64.9. The Morgan fingerprint density at radius 2 is 2.04 bits per heavy atom. The lowest BCUT2D eigenvalue weighted by molar-refractivity contribution is -0.146. The molecule has 4 aromatic rings. The molecule has 3 aliphatic heterocycles. The highest BCUT2D eigenvalue weighted by atomic mass is 35.5. The Hall–Kier alpha value is -4.10. The fraction of sp³-hybridized carbons (Fsp3) is 0.486. The number of halogens is 4. The second kappa shape index (κ2) is 13.5. The van der Waals surface area contributed by atoms with Crippen LogP contribution in [0.2, 0.25) is 5.02 Å². The van der Waals surface area contributed by atoms with Gasteiger partial charge in [0, 0.05) is 23.9 Å². The van der Waals surface area contributed by atoms with Crippen LogP contribution in [0.5, 0.6) is 11.8 Å². The summed E-state index contributed by atoms with van der Waals surface area (Å²) in [6.07, 6.45) is 0.945. The molecular formula is C35H37ClF3N7O4S. The van der Waals surface area contributed by atoms with Crippen molar-refractivity contribution in [1.29, 1.82) is 5.26 Å². The third-order valence-electron chi connectivity index (χ3n) is 10.2. The van der Waals surface area contributed by atoms with Crippen LogP contribution in [-0.4, -0.2) is 84.1 Å². The van der Waals surface area contributed by atoms with Gasteiger partial charge in [-0.2, -0.15) is 15.2 Å². The number of nitrogens with zero attached hydrogens (tertiary/aromatic N) is 5. The number of esters is 1. The summed E-state index contributed by atoms with van der Waals surface area (Å²) in [6, 6.07) is 3.06. The largest absolute Gasteiger partial charge is 0.489 e. The molecule has 4 N–H and O–H groups in total. The number of hydrogen-bond donors (Lipinski definition) is 2. The maximum atomic E-state index is 17.2. The highest BCUT2D eigenvalue weighted by Crippen LogP contribution is 2.51. The lowest BCUT2D eigenvalue weighted by Crippen LogP contribution is -2.44. The fourth-order valence-electron chi connectivity index (χ4n) is 7.48. The van der Waals surface area contributed by atoms with Gasteiger partial charge in [-0.1, -0.05) is 31.5 Å². The Kier molecular flexibility index (Phi) is 9.32. The van der Waals surface area contributed by atoms with E-state index in [9.17, 15) is 14.4 Å². The summed E-state index contributed by atoms with van der Waals surface area (Å²) in [7, 11) is 0. The molecule has 2 saturated heterocycles. The molecule has 51 heavy (non-hydrogen) atoms. The molecule has 4 atom stereocenters. The van der Waals surface area contributed by atoms with Gasteiger partial charge < -0.3 is 30.6 Å². The van der Waals surface area contributed by atoms with Crippen LogP contribution in [0.25, 0.3) is 32.1 Å². The van der Waals surface area contributed by atoms with Gasteiger partial charge in [0.2, 0.25) is 0 Å². The first-order chi connectivity index (χ1) is 24.3. The lowest BCUT2D eigenvalue weighted by atomic mass is 9.95. The molecule has 0 radical (unpaired) electrons. The maximum absolute atomic E-state index is 17.2. The Balaban J connectivity index is 1.39. The maximum Gasteiger partial charge on any atom is 0.323 e. The van der Waals surface area contributed by atoms with E-state index in [0.717, 1.165) is 36.8 Å². The summed E-state index contributed by atoms with van der Waals surface area (Å²) in [4.78, 5) is 25.8. The summed E-state index contributed by atoms with van der Waals surface area (Å²) >= 11 is 7.88. The van der Waals surface area contributed by atoms with Gasteiger partial charge in [-0.05, 0) is 43.9 Å². The van der Waals surface area contributed by atoms with Crippen LogP contribution < -0.4 is 25.8 Å². The van der Waals surface area contributed by atoms with E-state index in [2.05, 4.69) is 9.88 Å². The molecule has 2 aromatic heterocycles. The number of hydrogen-bond acceptors (Lipinski definition) is 12. The number of nitrogens with two attached hydrogens (primary N) is 2. The van der Waals surface area contributed by atoms with Crippen molar-refractivity contribution in [3.05, 3.63) is 34.4 Å². The second-order valence-electron chi connectivity index (χ2n) is 13.8. The van der Waals surface area contributed by atoms with Crippen LogP contribution >= 0.6 is 22.9 Å². The van der Waals surface area contributed by atoms with E-state index in [1.54, 1.807) is 4.90 Å². The Bertz CT molecular complexity index is 2090. The zero-order valence-corrected chi connectivity index (χ0v) is 29.8. The fourth-order valence-corrected chi connectivity index (χ4v) is 8.76. The molecule has 0 spiro atoms. The number of benzene rings is 2. The average Bonchev–Trinajstić information content (AvgIpc) is 3.70. The third-order valence-corrected chi connectivity index (χ3v) is 11.6. The Morgan fingerprint density at radius 1 is 1.25 bits per heavy atom. The van der Waals surface area contributed by atoms with Crippen molar-refractivity contribution in [3.8, 4) is 29.0 Å². The van der Waals surface area contributed by atoms with Crippen LogP contribution in [0.4, 0.5) is 24.0 Å². The van der Waals surface area contributed by atoms with E-state index in [1.807, 2.05) is 26.8 Å². The number of aromatic nitrogens is 2. The van der Waals surface area contributed by atoms with E-state index in [-0.39, 0.29) is 97.6 Å². The minimum atomic E-state index is -0.988. The molecule has 3 aliphatic rings. The molecule has 0 bridgehead atoms. The van der Waals surface area contributed by atoms with Crippen molar-refractivity contribution in [2.24, 2.45) is 11.7 Å². The number of alkyl halides is 1. The predicted octanol–water partition coefficient (Wildman–Crippen LogP) is 5.97. The molecule has 2 unspecified atom stereocenters. The molecule has 0 amide bonds. The number of fused-ring (bicyclic) bond motifs is 2. The quantitative estimate of drug-likeness (QED) is 0.195. The van der Waals surface area contributed by atoms with Crippen LogP contribution in [0, 0.1) is 28.9 Å². The molecule has 2 fully saturated rings. The van der Waals surface area contributed by atoms with Gasteiger partial charge >= 0.3 is 12.0 Å². The number of nitrogen functional groups attached to an aromatic ring is 1. The molecule has 11 nitrogen and oxygen atoms in total. The number of ether oxygens (including phenoxy) is 3. The topological polar surface area (TPSA) is 153 Å². The first kappa shape index (κ1) is 35.3. The van der Waals surface area contributed by atoms with E-state index in [0.29, 0.717) is 13.0 Å². The van der Waals surface area contributed by atoms with Crippen molar-refractivity contribution < 1.29 is 32.2 Å². The molecule has 0 saturated carbocycles. The minimum Gasteiger partial charge on any atom is -0.489 e. The molecule has 0 aliphatic carbocycles. The average molecular weight is 744 g/mol. The van der Waals surface area contributed by atoms with Crippen LogP contribution in [0.3, 0.4) is 0 Å². The van der Waals surface area contributed by atoms with Crippen LogP contribution in [-0.2, 0) is 9.53 Å². The Labute approximate surface area is 301 Å². The van der Waals surface area contributed by atoms with Gasteiger partial charge in [0.1, 0.15) is 60.3 Å². The van der Waals surface area contributed by atoms with Crippen molar-refractivity contribution in [2.75, 3.05) is 50.1 Å². The lowest BCUT2D eigenvalue weighted by Gasteiger charge is -2.32. The standard InChI is InChI=1S/C35H37ClF3N7O4S/c1-16(2)27(41)33(47)49-14-17(3)46-9-10-48-29-24-28(43-34(44-32(24)46)50-15-35-7-4-8-45(35)13-18(37)11-35)26(39)23(25(29)36)19-5-6-21(38)30-22(19)20(12-40)31(42)51-30/h5-6,16-18,27H,4,7-11,13-15,41-42H2,1-3H3/t17?,18-,27?,35+/m1/s1. The minimum absolute atomic E-state index is 0.00548.